The van der Waals surface area contributed by atoms with Crippen LogP contribution in [-0.2, 0) is 0 Å². The predicted molar refractivity (Wildman–Crippen MR) is 76.3 cm³/mol. The molecule has 1 unspecified atom stereocenters. The molecule has 0 radical (unpaired) electrons. The summed E-state index contributed by atoms with van der Waals surface area (Å²) in [5.74, 6) is 0.0642. The third-order valence-electron chi connectivity index (χ3n) is 2.84. The largest absolute Gasteiger partial charge is 0.491 e. The van der Waals surface area contributed by atoms with Crippen LogP contribution in [0.1, 0.15) is 22.0 Å². The molecule has 0 aliphatic heterocycles. The fraction of sp³-hybridized carbons (Fsp3) is 0.133. The number of carbonyl (C=O) groups is 1. The Bertz CT molecular complexity index is 596. The fourth-order valence-electron chi connectivity index (χ4n) is 1.75. The van der Waals surface area contributed by atoms with Crippen LogP contribution in [0.15, 0.2) is 48.5 Å². The van der Waals surface area contributed by atoms with Gasteiger partial charge in [-0.1, -0.05) is 12.1 Å². The molecule has 0 fully saturated rings. The van der Waals surface area contributed by atoms with Crippen LogP contribution >= 0.6 is 0 Å². The number of nitrogens with two attached hydrogens (primary N) is 2. The van der Waals surface area contributed by atoms with E-state index in [1.807, 2.05) is 0 Å². The van der Waals surface area contributed by atoms with E-state index in [-0.39, 0.29) is 6.61 Å². The molecule has 0 spiro atoms. The van der Waals surface area contributed by atoms with Crippen LogP contribution in [0.25, 0.3) is 0 Å². The maximum absolute atomic E-state index is 10.9. The smallest absolute Gasteiger partial charge is 0.248 e. The van der Waals surface area contributed by atoms with E-state index in [2.05, 4.69) is 0 Å². The molecule has 0 saturated carbocycles. The van der Waals surface area contributed by atoms with E-state index in [4.69, 9.17) is 16.2 Å². The van der Waals surface area contributed by atoms with E-state index in [1.54, 1.807) is 48.5 Å². The summed E-state index contributed by atoms with van der Waals surface area (Å²) in [6, 6.07) is 13.4. The van der Waals surface area contributed by atoms with Gasteiger partial charge in [0.05, 0.1) is 0 Å². The monoisotopic (exact) mass is 272 g/mol. The van der Waals surface area contributed by atoms with Gasteiger partial charge in [0.15, 0.2) is 0 Å². The Morgan fingerprint density at radius 1 is 1.20 bits per heavy atom. The number of hydrogen-bond acceptors (Lipinski definition) is 4. The number of rotatable bonds is 5. The number of anilines is 1. The summed E-state index contributed by atoms with van der Waals surface area (Å²) >= 11 is 0. The fourth-order valence-corrected chi connectivity index (χ4v) is 1.75. The molecule has 0 aliphatic rings. The van der Waals surface area contributed by atoms with Gasteiger partial charge in [-0.3, -0.25) is 4.79 Å². The third kappa shape index (κ3) is 3.49. The van der Waals surface area contributed by atoms with Crippen LogP contribution < -0.4 is 16.2 Å². The molecule has 2 aromatic carbocycles. The molecule has 1 amide bonds. The Hall–Kier alpha value is -2.53. The van der Waals surface area contributed by atoms with Crippen LogP contribution in [0.2, 0.25) is 0 Å². The molecule has 0 aromatic heterocycles. The van der Waals surface area contributed by atoms with Crippen molar-refractivity contribution in [2.75, 3.05) is 12.3 Å². The van der Waals surface area contributed by atoms with Gasteiger partial charge in [-0.15, -0.1) is 0 Å². The highest BCUT2D eigenvalue weighted by molar-refractivity contribution is 5.92. The standard InChI is InChI=1S/C15H16N2O3/c16-12-3-1-2-11(8-12)14(18)9-20-13-6-4-10(5-7-13)15(17)19/h1-8,14,18H,9,16H2,(H2,17,19). The second kappa shape index (κ2) is 6.08. The molecule has 2 aromatic rings. The first-order valence-corrected chi connectivity index (χ1v) is 6.12. The second-order valence-corrected chi connectivity index (χ2v) is 4.39. The summed E-state index contributed by atoms with van der Waals surface area (Å²) in [5, 5.41) is 9.99. The van der Waals surface area contributed by atoms with Crippen molar-refractivity contribution in [3.8, 4) is 5.75 Å². The summed E-state index contributed by atoms with van der Waals surface area (Å²) in [4.78, 5) is 10.9. The molecule has 1 atom stereocenters. The normalized spacial score (nSPS) is 11.8. The molecule has 5 heteroatoms. The van der Waals surface area contributed by atoms with Crippen molar-refractivity contribution in [2.24, 2.45) is 5.73 Å². The van der Waals surface area contributed by atoms with E-state index in [0.717, 1.165) is 0 Å². The molecule has 20 heavy (non-hydrogen) atoms. The maximum Gasteiger partial charge on any atom is 0.248 e. The summed E-state index contributed by atoms with van der Waals surface area (Å²) in [5.41, 5.74) is 12.5. The van der Waals surface area contributed by atoms with Crippen LogP contribution in [0, 0.1) is 0 Å². The summed E-state index contributed by atoms with van der Waals surface area (Å²) < 4.78 is 5.45. The molecule has 104 valence electrons. The lowest BCUT2D eigenvalue weighted by Gasteiger charge is -2.13. The number of aliphatic hydroxyl groups is 1. The van der Waals surface area contributed by atoms with Crippen LogP contribution in [0.5, 0.6) is 5.75 Å². The lowest BCUT2D eigenvalue weighted by molar-refractivity contribution is 0.0999. The summed E-state index contributed by atoms with van der Waals surface area (Å²) in [7, 11) is 0. The predicted octanol–water partition coefficient (Wildman–Crippen LogP) is 1.48. The van der Waals surface area contributed by atoms with Crippen molar-refractivity contribution < 1.29 is 14.6 Å². The molecule has 0 heterocycles. The number of nitrogen functional groups attached to an aromatic ring is 1. The molecule has 5 N–H and O–H groups in total. The van der Waals surface area contributed by atoms with Crippen molar-refractivity contribution in [3.05, 3.63) is 59.7 Å². The average Bonchev–Trinajstić information content (AvgIpc) is 2.45. The van der Waals surface area contributed by atoms with Crippen LogP contribution in [-0.4, -0.2) is 17.6 Å². The van der Waals surface area contributed by atoms with Gasteiger partial charge in [0.2, 0.25) is 5.91 Å². The minimum atomic E-state index is -0.769. The number of benzene rings is 2. The Morgan fingerprint density at radius 3 is 2.50 bits per heavy atom. The van der Waals surface area contributed by atoms with Gasteiger partial charge in [-0.2, -0.15) is 0 Å². The zero-order chi connectivity index (χ0) is 14.5. The first-order valence-electron chi connectivity index (χ1n) is 6.12. The van der Waals surface area contributed by atoms with Gasteiger partial charge in [-0.05, 0) is 42.0 Å². The first kappa shape index (κ1) is 13.9. The molecule has 0 saturated heterocycles. The van der Waals surface area contributed by atoms with Crippen molar-refractivity contribution in [2.45, 2.75) is 6.10 Å². The molecular weight excluding hydrogens is 256 g/mol. The van der Waals surface area contributed by atoms with E-state index < -0.39 is 12.0 Å². The highest BCUT2D eigenvalue weighted by Crippen LogP contribution is 2.18. The molecule has 2 rings (SSSR count). The van der Waals surface area contributed by atoms with E-state index in [1.165, 1.54) is 0 Å². The van der Waals surface area contributed by atoms with Crippen molar-refractivity contribution in [3.63, 3.8) is 0 Å². The minimum absolute atomic E-state index is 0.0966. The van der Waals surface area contributed by atoms with Gasteiger partial charge in [0.1, 0.15) is 18.5 Å². The zero-order valence-corrected chi connectivity index (χ0v) is 10.8. The molecule has 0 aliphatic carbocycles. The van der Waals surface area contributed by atoms with Crippen LogP contribution in [0.3, 0.4) is 0 Å². The van der Waals surface area contributed by atoms with E-state index in [0.29, 0.717) is 22.6 Å². The summed E-state index contributed by atoms with van der Waals surface area (Å²) in [6.07, 6.45) is -0.769. The van der Waals surface area contributed by atoms with Gasteiger partial charge >= 0.3 is 0 Å². The van der Waals surface area contributed by atoms with E-state index >= 15 is 0 Å². The summed E-state index contributed by atoms with van der Waals surface area (Å²) in [6.45, 7) is 0.0966. The number of amides is 1. The second-order valence-electron chi connectivity index (χ2n) is 4.39. The third-order valence-corrected chi connectivity index (χ3v) is 2.84. The lowest BCUT2D eigenvalue weighted by atomic mass is 10.1. The molecule has 0 bridgehead atoms. The topological polar surface area (TPSA) is 98.6 Å². The van der Waals surface area contributed by atoms with Gasteiger partial charge < -0.3 is 21.3 Å². The Balaban J connectivity index is 1.96. The van der Waals surface area contributed by atoms with Gasteiger partial charge in [0, 0.05) is 11.3 Å². The highest BCUT2D eigenvalue weighted by atomic mass is 16.5. The van der Waals surface area contributed by atoms with E-state index in [9.17, 15) is 9.90 Å². The zero-order valence-electron chi connectivity index (χ0n) is 10.8. The number of hydrogen-bond donors (Lipinski definition) is 3. The Morgan fingerprint density at radius 2 is 1.90 bits per heavy atom. The lowest BCUT2D eigenvalue weighted by Crippen LogP contribution is -2.11. The number of primary amides is 1. The Kier molecular flexibility index (Phi) is 4.22. The minimum Gasteiger partial charge on any atom is -0.491 e. The van der Waals surface area contributed by atoms with Crippen molar-refractivity contribution in [1.82, 2.24) is 0 Å². The van der Waals surface area contributed by atoms with Gasteiger partial charge in [0.25, 0.3) is 0 Å². The highest BCUT2D eigenvalue weighted by Gasteiger charge is 2.09. The SMILES string of the molecule is NC(=O)c1ccc(OCC(O)c2cccc(N)c2)cc1. The van der Waals surface area contributed by atoms with Crippen molar-refractivity contribution in [1.29, 1.82) is 0 Å². The molecular formula is C15H16N2O3. The Labute approximate surface area is 116 Å². The number of carbonyl (C=O) groups excluding carboxylic acids is 1. The number of ether oxygens (including phenoxy) is 1. The van der Waals surface area contributed by atoms with Crippen molar-refractivity contribution >= 4 is 11.6 Å². The quantitative estimate of drug-likeness (QED) is 0.718. The molecule has 5 nitrogen and oxygen atoms in total. The van der Waals surface area contributed by atoms with Gasteiger partial charge in [-0.25, -0.2) is 0 Å². The number of aliphatic hydroxyl groups excluding tert-OH is 1. The maximum atomic E-state index is 10.9. The first-order chi connectivity index (χ1) is 9.56. The van der Waals surface area contributed by atoms with Crippen LogP contribution in [0.4, 0.5) is 5.69 Å². The average molecular weight is 272 g/mol.